The van der Waals surface area contributed by atoms with Crippen LogP contribution in [0, 0.1) is 10.1 Å². The molecule has 0 fully saturated rings. The lowest BCUT2D eigenvalue weighted by Gasteiger charge is -2.12. The van der Waals surface area contributed by atoms with Gasteiger partial charge >= 0.3 is 5.97 Å². The number of hydrogen-bond acceptors (Lipinski definition) is 8. The summed E-state index contributed by atoms with van der Waals surface area (Å²) >= 11 is 5.93. The predicted molar refractivity (Wildman–Crippen MR) is 98.2 cm³/mol. The molecule has 1 atom stereocenters. The maximum absolute atomic E-state index is 12.4. The molecule has 0 bridgehead atoms. The molecular formula is C18H14ClN3O6. The smallest absolute Gasteiger partial charge is 0.342 e. The maximum Gasteiger partial charge on any atom is 0.342 e. The minimum absolute atomic E-state index is 0.0544. The van der Waals surface area contributed by atoms with Crippen molar-refractivity contribution in [3.63, 3.8) is 0 Å². The molecule has 0 aliphatic carbocycles. The second kappa shape index (κ2) is 8.05. The van der Waals surface area contributed by atoms with Crippen LogP contribution >= 0.6 is 11.6 Å². The largest absolute Gasteiger partial charge is 0.496 e. The fourth-order valence-corrected chi connectivity index (χ4v) is 2.53. The van der Waals surface area contributed by atoms with Crippen molar-refractivity contribution in [2.24, 2.45) is 0 Å². The van der Waals surface area contributed by atoms with Gasteiger partial charge in [-0.25, -0.2) is 4.79 Å². The first-order valence-electron chi connectivity index (χ1n) is 8.01. The number of carbonyl (C=O) groups is 1. The minimum Gasteiger partial charge on any atom is -0.496 e. The first kappa shape index (κ1) is 19.3. The summed E-state index contributed by atoms with van der Waals surface area (Å²) in [6, 6.07) is 10.2. The summed E-state index contributed by atoms with van der Waals surface area (Å²) < 4.78 is 16.0. The number of nitro benzene ring substituents is 1. The summed E-state index contributed by atoms with van der Waals surface area (Å²) in [7, 11) is 1.43. The lowest BCUT2D eigenvalue weighted by atomic mass is 10.2. The molecule has 0 saturated carbocycles. The summed E-state index contributed by atoms with van der Waals surface area (Å²) in [4.78, 5) is 22.6. The number of halogens is 1. The lowest BCUT2D eigenvalue weighted by molar-refractivity contribution is -0.384. The fraction of sp³-hybridized carbons (Fsp3) is 0.167. The third-order valence-corrected chi connectivity index (χ3v) is 4.01. The van der Waals surface area contributed by atoms with E-state index in [-0.39, 0.29) is 23.0 Å². The quantitative estimate of drug-likeness (QED) is 0.341. The van der Waals surface area contributed by atoms with E-state index in [1.54, 1.807) is 19.1 Å². The number of ether oxygens (including phenoxy) is 2. The molecule has 144 valence electrons. The van der Waals surface area contributed by atoms with Crippen molar-refractivity contribution < 1.29 is 23.6 Å². The van der Waals surface area contributed by atoms with Crippen molar-refractivity contribution in [3.05, 3.63) is 69.1 Å². The molecule has 0 unspecified atom stereocenters. The van der Waals surface area contributed by atoms with Crippen LogP contribution in [-0.4, -0.2) is 28.2 Å². The van der Waals surface area contributed by atoms with Crippen LogP contribution in [0.3, 0.4) is 0 Å². The van der Waals surface area contributed by atoms with Crippen LogP contribution in [0.1, 0.15) is 29.3 Å². The maximum atomic E-state index is 12.4. The van der Waals surface area contributed by atoms with Gasteiger partial charge in [0.15, 0.2) is 6.10 Å². The number of methoxy groups -OCH3 is 1. The minimum atomic E-state index is -0.838. The second-order valence-electron chi connectivity index (χ2n) is 5.64. The number of benzene rings is 2. The molecule has 3 rings (SSSR count). The van der Waals surface area contributed by atoms with E-state index in [4.69, 9.17) is 25.5 Å². The fourth-order valence-electron chi connectivity index (χ4n) is 2.36. The van der Waals surface area contributed by atoms with Gasteiger partial charge in [0, 0.05) is 22.7 Å². The lowest BCUT2D eigenvalue weighted by Crippen LogP contribution is -2.11. The van der Waals surface area contributed by atoms with Gasteiger partial charge in [-0.3, -0.25) is 10.1 Å². The molecule has 0 radical (unpaired) electrons. The third-order valence-electron chi connectivity index (χ3n) is 3.78. The van der Waals surface area contributed by atoms with Gasteiger partial charge < -0.3 is 13.9 Å². The Morgan fingerprint density at radius 2 is 1.93 bits per heavy atom. The van der Waals surface area contributed by atoms with Gasteiger partial charge in [-0.05, 0) is 37.3 Å². The van der Waals surface area contributed by atoms with Crippen LogP contribution in [0.2, 0.25) is 5.02 Å². The highest BCUT2D eigenvalue weighted by Crippen LogP contribution is 2.27. The van der Waals surface area contributed by atoms with E-state index in [9.17, 15) is 14.9 Å². The Labute approximate surface area is 164 Å². The molecule has 0 aliphatic rings. The number of aromatic nitrogens is 2. The zero-order chi connectivity index (χ0) is 20.3. The predicted octanol–water partition coefficient (Wildman–Crippen LogP) is 4.22. The third kappa shape index (κ3) is 4.09. The van der Waals surface area contributed by atoms with E-state index < -0.39 is 17.0 Å². The highest BCUT2D eigenvalue weighted by atomic mass is 35.5. The second-order valence-corrected chi connectivity index (χ2v) is 6.08. The van der Waals surface area contributed by atoms with E-state index in [1.807, 2.05) is 0 Å². The van der Waals surface area contributed by atoms with E-state index in [2.05, 4.69) is 10.2 Å². The Balaban J connectivity index is 1.75. The van der Waals surface area contributed by atoms with Crippen molar-refractivity contribution >= 4 is 23.3 Å². The van der Waals surface area contributed by atoms with Crippen LogP contribution in [-0.2, 0) is 4.74 Å². The van der Waals surface area contributed by atoms with E-state index in [0.717, 1.165) is 0 Å². The van der Waals surface area contributed by atoms with Gasteiger partial charge in [0.1, 0.15) is 11.3 Å². The summed E-state index contributed by atoms with van der Waals surface area (Å²) in [6.45, 7) is 1.57. The molecule has 0 aliphatic heterocycles. The van der Waals surface area contributed by atoms with Gasteiger partial charge in [-0.15, -0.1) is 10.2 Å². The molecule has 0 N–H and O–H groups in total. The molecule has 1 heterocycles. The van der Waals surface area contributed by atoms with Gasteiger partial charge in [-0.2, -0.15) is 0 Å². The standard InChI is InChI=1S/C18H14ClN3O6/c1-10(27-18(23)14-9-12(19)5-8-15(14)26-2)16-20-21-17(28-16)11-3-6-13(7-4-11)22(24)25/h3-10H,1-2H3/t10-/m0/s1. The highest BCUT2D eigenvalue weighted by Gasteiger charge is 2.22. The van der Waals surface area contributed by atoms with Gasteiger partial charge in [0.05, 0.1) is 12.0 Å². The Morgan fingerprint density at radius 1 is 1.21 bits per heavy atom. The number of rotatable bonds is 6. The Morgan fingerprint density at radius 3 is 2.57 bits per heavy atom. The van der Waals surface area contributed by atoms with Crippen molar-refractivity contribution in [1.29, 1.82) is 0 Å². The van der Waals surface area contributed by atoms with Crippen LogP contribution in [0.25, 0.3) is 11.5 Å². The molecule has 0 saturated heterocycles. The van der Waals surface area contributed by atoms with Crippen molar-refractivity contribution in [1.82, 2.24) is 10.2 Å². The topological polar surface area (TPSA) is 118 Å². The molecule has 0 amide bonds. The van der Waals surface area contributed by atoms with Crippen LogP contribution < -0.4 is 4.74 Å². The average molecular weight is 404 g/mol. The average Bonchev–Trinajstić information content (AvgIpc) is 3.18. The molecule has 9 nitrogen and oxygen atoms in total. The summed E-state index contributed by atoms with van der Waals surface area (Å²) in [5.41, 5.74) is 0.609. The molecule has 10 heteroatoms. The first-order valence-corrected chi connectivity index (χ1v) is 8.39. The Kier molecular flexibility index (Phi) is 5.55. The normalized spacial score (nSPS) is 11.7. The molecule has 1 aromatic heterocycles. The zero-order valence-electron chi connectivity index (χ0n) is 14.8. The number of nitro groups is 1. The number of carbonyl (C=O) groups excluding carboxylic acids is 1. The first-order chi connectivity index (χ1) is 13.4. The van der Waals surface area contributed by atoms with E-state index >= 15 is 0 Å². The zero-order valence-corrected chi connectivity index (χ0v) is 15.5. The molecule has 2 aromatic carbocycles. The molecule has 28 heavy (non-hydrogen) atoms. The van der Waals surface area contributed by atoms with Crippen LogP contribution in [0.4, 0.5) is 5.69 Å². The van der Waals surface area contributed by atoms with Gasteiger partial charge in [-0.1, -0.05) is 11.6 Å². The number of esters is 1. The van der Waals surface area contributed by atoms with Crippen molar-refractivity contribution in [2.45, 2.75) is 13.0 Å². The summed E-state index contributed by atoms with van der Waals surface area (Å²) in [5, 5.41) is 18.8. The summed E-state index contributed by atoms with van der Waals surface area (Å²) in [6.07, 6.45) is -0.838. The number of nitrogens with zero attached hydrogens (tertiary/aromatic N) is 3. The Hall–Kier alpha value is -3.46. The van der Waals surface area contributed by atoms with Crippen LogP contribution in [0.5, 0.6) is 5.75 Å². The Bertz CT molecular complexity index is 1020. The van der Waals surface area contributed by atoms with E-state index in [0.29, 0.717) is 16.3 Å². The monoisotopic (exact) mass is 403 g/mol. The van der Waals surface area contributed by atoms with Crippen LogP contribution in [0.15, 0.2) is 46.9 Å². The molecule has 0 spiro atoms. The van der Waals surface area contributed by atoms with E-state index in [1.165, 1.54) is 37.4 Å². The molecular weight excluding hydrogens is 390 g/mol. The molecule has 3 aromatic rings. The van der Waals surface area contributed by atoms with Gasteiger partial charge in [0.2, 0.25) is 5.89 Å². The van der Waals surface area contributed by atoms with Crippen molar-refractivity contribution in [2.75, 3.05) is 7.11 Å². The SMILES string of the molecule is COc1ccc(Cl)cc1C(=O)O[C@@H](C)c1nnc(-c2ccc([N+](=O)[O-])cc2)o1. The van der Waals surface area contributed by atoms with Gasteiger partial charge in [0.25, 0.3) is 11.6 Å². The van der Waals surface area contributed by atoms with Crippen molar-refractivity contribution in [3.8, 4) is 17.2 Å². The number of non-ortho nitro benzene ring substituents is 1. The number of hydrogen-bond donors (Lipinski definition) is 0. The summed E-state index contributed by atoms with van der Waals surface area (Å²) in [5.74, 6) is -0.128. The highest BCUT2D eigenvalue weighted by molar-refractivity contribution is 6.31.